The number of nitrogens with zero attached hydrogens (tertiary/aromatic N) is 3. The van der Waals surface area contributed by atoms with E-state index in [4.69, 9.17) is 0 Å². The van der Waals surface area contributed by atoms with Crippen LogP contribution in [-0.2, 0) is 9.59 Å². The van der Waals surface area contributed by atoms with Crippen molar-refractivity contribution in [2.45, 2.75) is 63.0 Å². The summed E-state index contributed by atoms with van der Waals surface area (Å²) >= 11 is 0. The van der Waals surface area contributed by atoms with Gasteiger partial charge in [0.1, 0.15) is 0 Å². The lowest BCUT2D eigenvalue weighted by atomic mass is 9.52. The van der Waals surface area contributed by atoms with E-state index in [1.807, 2.05) is 4.90 Å². The average molecular weight is 361 g/mol. The summed E-state index contributed by atoms with van der Waals surface area (Å²) in [5, 5.41) is 9.84. The molecule has 0 spiro atoms. The molecule has 0 aromatic rings. The van der Waals surface area contributed by atoms with E-state index in [1.165, 1.54) is 24.2 Å². The second kappa shape index (κ2) is 5.76. The fraction of sp³-hybridized carbons (Fsp3) is 0.842. The van der Waals surface area contributed by atoms with Crippen LogP contribution in [0.25, 0.3) is 0 Å². The Hall–Kier alpha value is -1.47. The smallest absolute Gasteiger partial charge is 0.335 e. The van der Waals surface area contributed by atoms with Crippen LogP contribution in [0.5, 0.6) is 0 Å². The van der Waals surface area contributed by atoms with Crippen LogP contribution in [0.1, 0.15) is 51.4 Å². The molecule has 6 fully saturated rings. The van der Waals surface area contributed by atoms with E-state index >= 15 is 0 Å². The van der Waals surface area contributed by atoms with E-state index in [0.29, 0.717) is 24.3 Å². The van der Waals surface area contributed by atoms with Crippen molar-refractivity contribution in [1.82, 2.24) is 14.7 Å². The third kappa shape index (κ3) is 2.43. The van der Waals surface area contributed by atoms with Crippen LogP contribution in [0.15, 0.2) is 0 Å². The third-order valence-electron chi connectivity index (χ3n) is 7.36. The number of carbonyl (C=O) groups excluding carboxylic acids is 3. The van der Waals surface area contributed by atoms with E-state index in [0.717, 1.165) is 43.5 Å². The molecule has 7 heteroatoms. The van der Waals surface area contributed by atoms with Gasteiger partial charge in [-0.2, -0.15) is 0 Å². The average Bonchev–Trinajstić information content (AvgIpc) is 2.78. The van der Waals surface area contributed by atoms with Crippen LogP contribution in [0, 0.1) is 17.8 Å². The van der Waals surface area contributed by atoms with Crippen LogP contribution in [-0.4, -0.2) is 69.1 Å². The maximum atomic E-state index is 13.1. The molecule has 4 bridgehead atoms. The van der Waals surface area contributed by atoms with Crippen molar-refractivity contribution in [3.63, 3.8) is 0 Å². The first-order chi connectivity index (χ1) is 12.4. The lowest BCUT2D eigenvalue weighted by Gasteiger charge is -2.58. The van der Waals surface area contributed by atoms with Crippen LogP contribution >= 0.6 is 0 Å². The highest BCUT2D eigenvalue weighted by atomic mass is 16.3. The second-order valence-electron chi connectivity index (χ2n) is 9.31. The minimum Gasteiger partial charge on any atom is -0.392 e. The van der Waals surface area contributed by atoms with Crippen molar-refractivity contribution in [2.75, 3.05) is 19.8 Å². The minimum atomic E-state index is -0.689. The van der Waals surface area contributed by atoms with Crippen LogP contribution in [0.4, 0.5) is 4.79 Å². The summed E-state index contributed by atoms with van der Waals surface area (Å²) in [7, 11) is 0. The molecule has 6 rings (SSSR count). The van der Waals surface area contributed by atoms with Crippen molar-refractivity contribution in [1.29, 1.82) is 0 Å². The highest BCUT2D eigenvalue weighted by Crippen LogP contribution is 2.58. The first-order valence-corrected chi connectivity index (χ1v) is 10.1. The van der Waals surface area contributed by atoms with Gasteiger partial charge in [-0.15, -0.1) is 0 Å². The van der Waals surface area contributed by atoms with Crippen molar-refractivity contribution < 1.29 is 19.5 Å². The van der Waals surface area contributed by atoms with Crippen molar-refractivity contribution in [3.8, 4) is 0 Å². The van der Waals surface area contributed by atoms with E-state index in [1.54, 1.807) is 0 Å². The van der Waals surface area contributed by atoms with E-state index < -0.39 is 29.5 Å². The molecule has 4 amide bonds. The summed E-state index contributed by atoms with van der Waals surface area (Å²) in [6, 6.07) is -0.429. The Morgan fingerprint density at radius 3 is 2.15 bits per heavy atom. The Bertz CT molecular complexity index is 628. The normalized spacial score (nSPS) is 43.0. The number of carbonyl (C=O) groups is 3. The van der Waals surface area contributed by atoms with Gasteiger partial charge in [-0.1, -0.05) is 0 Å². The summed E-state index contributed by atoms with van der Waals surface area (Å²) in [5.74, 6) is 0.482. The third-order valence-corrected chi connectivity index (χ3v) is 7.36. The molecule has 0 radical (unpaired) electrons. The summed E-state index contributed by atoms with van der Waals surface area (Å²) in [4.78, 5) is 42.9. The Kier molecular flexibility index (Phi) is 3.70. The molecule has 2 aliphatic heterocycles. The molecule has 26 heavy (non-hydrogen) atoms. The first kappa shape index (κ1) is 16.7. The number of amides is 4. The molecule has 1 N–H and O–H groups in total. The molecule has 142 valence electrons. The van der Waals surface area contributed by atoms with Crippen molar-refractivity contribution in [2.24, 2.45) is 17.8 Å². The predicted molar refractivity (Wildman–Crippen MR) is 91.7 cm³/mol. The summed E-state index contributed by atoms with van der Waals surface area (Å²) in [5.41, 5.74) is -0.422. The number of piperidine rings is 1. The number of rotatable bonds is 3. The molecule has 4 saturated carbocycles. The molecular formula is C19H27N3O4. The Morgan fingerprint density at radius 1 is 0.962 bits per heavy atom. The maximum Gasteiger partial charge on any atom is 0.335 e. The number of hydrogen-bond acceptors (Lipinski definition) is 5. The van der Waals surface area contributed by atoms with E-state index in [9.17, 15) is 19.5 Å². The van der Waals surface area contributed by atoms with Gasteiger partial charge in [0.05, 0.1) is 18.3 Å². The van der Waals surface area contributed by atoms with Crippen LogP contribution in [0.3, 0.4) is 0 Å². The Morgan fingerprint density at radius 2 is 1.58 bits per heavy atom. The topological polar surface area (TPSA) is 81.2 Å². The molecule has 2 saturated heterocycles. The molecule has 0 aromatic carbocycles. The zero-order valence-electron chi connectivity index (χ0n) is 15.1. The first-order valence-electron chi connectivity index (χ1n) is 10.1. The zero-order valence-corrected chi connectivity index (χ0v) is 15.1. The highest BCUT2D eigenvalue weighted by molar-refractivity contribution is 6.44. The molecule has 4 aliphatic carbocycles. The largest absolute Gasteiger partial charge is 0.392 e. The number of likely N-dealkylation sites (tertiary alicyclic amines) is 1. The molecule has 0 unspecified atom stereocenters. The van der Waals surface area contributed by atoms with E-state index in [2.05, 4.69) is 0 Å². The van der Waals surface area contributed by atoms with Gasteiger partial charge in [0.25, 0.3) is 0 Å². The summed E-state index contributed by atoms with van der Waals surface area (Å²) in [6.45, 7) is 1.30. The van der Waals surface area contributed by atoms with Gasteiger partial charge in [-0.05, 0) is 69.1 Å². The second-order valence-corrected chi connectivity index (χ2v) is 9.31. The SMILES string of the molecule is O=C1C(=O)N(C23CC4CC(CC(C4)C2)C3)C(=O)N1CN1CCC[C@@H](O)C1. The Balaban J connectivity index is 1.38. The lowest BCUT2D eigenvalue weighted by molar-refractivity contribution is -0.150. The number of urea groups is 1. The minimum absolute atomic E-state index is 0.114. The molecule has 6 aliphatic rings. The molecule has 7 nitrogen and oxygen atoms in total. The molecule has 2 heterocycles. The van der Waals surface area contributed by atoms with Gasteiger partial charge in [-0.25, -0.2) is 14.6 Å². The van der Waals surface area contributed by atoms with Gasteiger partial charge in [-0.3, -0.25) is 14.5 Å². The van der Waals surface area contributed by atoms with Crippen molar-refractivity contribution in [3.05, 3.63) is 0 Å². The predicted octanol–water partition coefficient (Wildman–Crippen LogP) is 1.16. The molecule has 0 aromatic heterocycles. The fourth-order valence-corrected chi connectivity index (χ4v) is 6.75. The van der Waals surface area contributed by atoms with E-state index in [-0.39, 0.29) is 6.67 Å². The lowest BCUT2D eigenvalue weighted by Crippen LogP contribution is -2.62. The van der Waals surface area contributed by atoms with Gasteiger partial charge < -0.3 is 5.11 Å². The highest BCUT2D eigenvalue weighted by Gasteiger charge is 2.61. The van der Waals surface area contributed by atoms with Gasteiger partial charge in [0.2, 0.25) is 0 Å². The monoisotopic (exact) mass is 361 g/mol. The Labute approximate surface area is 153 Å². The van der Waals surface area contributed by atoms with Gasteiger partial charge in [0.15, 0.2) is 0 Å². The van der Waals surface area contributed by atoms with Crippen molar-refractivity contribution >= 4 is 17.8 Å². The maximum absolute atomic E-state index is 13.1. The number of hydrogen-bond donors (Lipinski definition) is 1. The van der Waals surface area contributed by atoms with Gasteiger partial charge >= 0.3 is 17.8 Å². The summed E-state index contributed by atoms with van der Waals surface area (Å²) < 4.78 is 0. The van der Waals surface area contributed by atoms with Crippen LogP contribution in [0.2, 0.25) is 0 Å². The van der Waals surface area contributed by atoms with Gasteiger partial charge in [0, 0.05) is 13.1 Å². The number of aliphatic hydroxyl groups excluding tert-OH is 1. The number of imide groups is 2. The number of aliphatic hydroxyl groups is 1. The number of β-amino-alcohol motifs (C(OH)–C–C–N with tert-alkyl or cyclic N) is 1. The molecular weight excluding hydrogens is 334 g/mol. The van der Waals surface area contributed by atoms with Crippen LogP contribution < -0.4 is 0 Å². The summed E-state index contributed by atoms with van der Waals surface area (Å²) in [6.07, 6.45) is 7.45. The molecule has 1 atom stereocenters. The fourth-order valence-electron chi connectivity index (χ4n) is 6.75. The standard InChI is InChI=1S/C19H27N3O4/c23-15-2-1-3-20(10-15)11-21-16(24)17(25)22(18(21)26)19-7-12-4-13(8-19)6-14(5-12)9-19/h12-15,23H,1-11H2/t12?,13?,14?,15-,19?/m1/s1. The zero-order chi connectivity index (χ0) is 18.1. The quantitative estimate of drug-likeness (QED) is 0.603.